The van der Waals surface area contributed by atoms with Crippen molar-refractivity contribution in [1.29, 1.82) is 0 Å². The second-order valence-corrected chi connectivity index (χ2v) is 5.57. The van der Waals surface area contributed by atoms with Gasteiger partial charge < -0.3 is 4.74 Å². The van der Waals surface area contributed by atoms with Gasteiger partial charge in [0.15, 0.2) is 0 Å². The van der Waals surface area contributed by atoms with Gasteiger partial charge in [0.1, 0.15) is 5.15 Å². The molecule has 0 bridgehead atoms. The van der Waals surface area contributed by atoms with Crippen LogP contribution in [0.25, 0.3) is 0 Å². The second kappa shape index (κ2) is 6.22. The third kappa shape index (κ3) is 3.28. The normalized spacial score (nSPS) is 18.6. The van der Waals surface area contributed by atoms with Gasteiger partial charge in [-0.25, -0.2) is 0 Å². The standard InChI is InChI=1S/C13H23ClN4O/c1-4-19-12(9-5-6-9)11(16-15)7-10-8(2)17-18(3)13(10)14/h9,11-12,16H,4-7,15H2,1-3H3. The van der Waals surface area contributed by atoms with E-state index >= 15 is 0 Å². The van der Waals surface area contributed by atoms with Gasteiger partial charge in [-0.1, -0.05) is 11.6 Å². The molecule has 19 heavy (non-hydrogen) atoms. The third-order valence-electron chi connectivity index (χ3n) is 3.75. The van der Waals surface area contributed by atoms with Crippen LogP contribution in [-0.4, -0.2) is 28.5 Å². The highest BCUT2D eigenvalue weighted by atomic mass is 35.5. The summed E-state index contributed by atoms with van der Waals surface area (Å²) >= 11 is 6.28. The number of nitrogens with one attached hydrogen (secondary N) is 1. The van der Waals surface area contributed by atoms with E-state index in [-0.39, 0.29) is 12.1 Å². The number of aryl methyl sites for hydroxylation is 2. The van der Waals surface area contributed by atoms with Crippen molar-refractivity contribution in [3.63, 3.8) is 0 Å². The average Bonchev–Trinajstić information content (AvgIpc) is 3.17. The number of rotatable bonds is 7. The van der Waals surface area contributed by atoms with Crippen molar-refractivity contribution in [3.8, 4) is 0 Å². The van der Waals surface area contributed by atoms with Crippen molar-refractivity contribution in [3.05, 3.63) is 16.4 Å². The molecule has 1 aliphatic carbocycles. The van der Waals surface area contributed by atoms with E-state index < -0.39 is 0 Å². The molecule has 2 atom stereocenters. The highest BCUT2D eigenvalue weighted by molar-refractivity contribution is 6.30. The first-order valence-corrected chi connectivity index (χ1v) is 7.22. The van der Waals surface area contributed by atoms with Crippen molar-refractivity contribution in [2.24, 2.45) is 18.8 Å². The first-order valence-electron chi connectivity index (χ1n) is 6.84. The van der Waals surface area contributed by atoms with E-state index in [2.05, 4.69) is 10.5 Å². The van der Waals surface area contributed by atoms with Crippen LogP contribution in [0.15, 0.2) is 0 Å². The number of aromatic nitrogens is 2. The molecule has 108 valence electrons. The molecule has 2 rings (SSSR count). The molecule has 1 aromatic rings. The predicted octanol–water partition coefficient (Wildman–Crippen LogP) is 1.57. The Morgan fingerprint density at radius 3 is 2.68 bits per heavy atom. The zero-order chi connectivity index (χ0) is 14.0. The highest BCUT2D eigenvalue weighted by Crippen LogP contribution is 2.37. The molecular weight excluding hydrogens is 264 g/mol. The molecule has 1 heterocycles. The fourth-order valence-electron chi connectivity index (χ4n) is 2.59. The van der Waals surface area contributed by atoms with Crippen LogP contribution in [0.3, 0.4) is 0 Å². The number of halogens is 1. The molecule has 0 amide bonds. The van der Waals surface area contributed by atoms with Crippen molar-refractivity contribution < 1.29 is 4.74 Å². The summed E-state index contributed by atoms with van der Waals surface area (Å²) in [6, 6.07) is 0.0767. The molecule has 0 aliphatic heterocycles. The summed E-state index contributed by atoms with van der Waals surface area (Å²) < 4.78 is 7.57. The summed E-state index contributed by atoms with van der Waals surface area (Å²) in [4.78, 5) is 0. The smallest absolute Gasteiger partial charge is 0.130 e. The summed E-state index contributed by atoms with van der Waals surface area (Å²) in [7, 11) is 1.85. The van der Waals surface area contributed by atoms with E-state index in [9.17, 15) is 0 Å². The predicted molar refractivity (Wildman–Crippen MR) is 75.9 cm³/mol. The molecule has 1 saturated carbocycles. The van der Waals surface area contributed by atoms with Gasteiger partial charge >= 0.3 is 0 Å². The van der Waals surface area contributed by atoms with Crippen LogP contribution in [0.2, 0.25) is 5.15 Å². The molecule has 0 spiro atoms. The van der Waals surface area contributed by atoms with E-state index in [1.807, 2.05) is 20.9 Å². The van der Waals surface area contributed by atoms with Gasteiger partial charge in [0.05, 0.1) is 17.8 Å². The minimum absolute atomic E-state index is 0.0767. The van der Waals surface area contributed by atoms with Gasteiger partial charge in [0, 0.05) is 19.2 Å². The van der Waals surface area contributed by atoms with Crippen molar-refractivity contribution in [2.45, 2.75) is 45.3 Å². The monoisotopic (exact) mass is 286 g/mol. The van der Waals surface area contributed by atoms with E-state index in [0.717, 1.165) is 17.7 Å². The Labute approximate surface area is 119 Å². The molecule has 1 aliphatic rings. The van der Waals surface area contributed by atoms with E-state index in [1.54, 1.807) is 4.68 Å². The van der Waals surface area contributed by atoms with Crippen LogP contribution in [-0.2, 0) is 18.2 Å². The Hall–Kier alpha value is -0.620. The minimum atomic E-state index is 0.0767. The Morgan fingerprint density at radius 2 is 2.26 bits per heavy atom. The van der Waals surface area contributed by atoms with E-state index in [1.165, 1.54) is 12.8 Å². The molecule has 0 radical (unpaired) electrons. The van der Waals surface area contributed by atoms with Crippen molar-refractivity contribution in [2.75, 3.05) is 6.61 Å². The summed E-state index contributed by atoms with van der Waals surface area (Å²) in [6.45, 7) is 4.70. The molecule has 2 unspecified atom stereocenters. The van der Waals surface area contributed by atoms with E-state index in [0.29, 0.717) is 17.7 Å². The zero-order valence-corrected chi connectivity index (χ0v) is 12.6. The largest absolute Gasteiger partial charge is 0.377 e. The molecule has 3 N–H and O–H groups in total. The van der Waals surface area contributed by atoms with Crippen molar-refractivity contribution >= 4 is 11.6 Å². The zero-order valence-electron chi connectivity index (χ0n) is 11.8. The van der Waals surface area contributed by atoms with E-state index in [4.69, 9.17) is 22.2 Å². The summed E-state index contributed by atoms with van der Waals surface area (Å²) in [5.74, 6) is 6.35. The first kappa shape index (κ1) is 14.8. The van der Waals surface area contributed by atoms with Crippen molar-refractivity contribution in [1.82, 2.24) is 15.2 Å². The van der Waals surface area contributed by atoms with Crippen LogP contribution < -0.4 is 11.3 Å². The third-order valence-corrected chi connectivity index (χ3v) is 4.22. The summed E-state index contributed by atoms with van der Waals surface area (Å²) in [5.41, 5.74) is 4.91. The Balaban J connectivity index is 2.13. The minimum Gasteiger partial charge on any atom is -0.377 e. The second-order valence-electron chi connectivity index (χ2n) is 5.21. The molecule has 1 aromatic heterocycles. The maximum Gasteiger partial charge on any atom is 0.130 e. The van der Waals surface area contributed by atoms with Gasteiger partial charge in [-0.2, -0.15) is 5.10 Å². The van der Waals surface area contributed by atoms with Crippen LogP contribution in [0.1, 0.15) is 31.0 Å². The summed E-state index contributed by atoms with van der Waals surface area (Å²) in [5, 5.41) is 5.02. The fraction of sp³-hybridized carbons (Fsp3) is 0.769. The Bertz CT molecular complexity index is 431. The first-order chi connectivity index (χ1) is 9.08. The quantitative estimate of drug-likeness (QED) is 0.590. The lowest BCUT2D eigenvalue weighted by Crippen LogP contribution is -2.47. The van der Waals surface area contributed by atoms with Crippen LogP contribution in [0, 0.1) is 12.8 Å². The number of hydrogen-bond donors (Lipinski definition) is 2. The Kier molecular flexibility index (Phi) is 4.84. The maximum absolute atomic E-state index is 6.28. The SMILES string of the molecule is CCOC(C1CC1)C(Cc1c(C)nn(C)c1Cl)NN. The molecule has 1 fully saturated rings. The molecule has 0 saturated heterocycles. The van der Waals surface area contributed by atoms with Gasteiger partial charge in [0.25, 0.3) is 0 Å². The molecule has 5 nitrogen and oxygen atoms in total. The van der Waals surface area contributed by atoms with Gasteiger partial charge in [-0.15, -0.1) is 0 Å². The number of nitrogens with two attached hydrogens (primary N) is 1. The molecular formula is C13H23ClN4O. The summed E-state index contributed by atoms with van der Waals surface area (Å²) in [6.07, 6.45) is 3.35. The molecule has 0 aromatic carbocycles. The maximum atomic E-state index is 6.28. The van der Waals surface area contributed by atoms with Crippen LogP contribution in [0.5, 0.6) is 0 Å². The lowest BCUT2D eigenvalue weighted by Gasteiger charge is -2.26. The van der Waals surface area contributed by atoms with Crippen LogP contribution in [0.4, 0.5) is 0 Å². The van der Waals surface area contributed by atoms with Gasteiger partial charge in [0.2, 0.25) is 0 Å². The number of hydrogen-bond acceptors (Lipinski definition) is 4. The molecule has 6 heteroatoms. The lowest BCUT2D eigenvalue weighted by molar-refractivity contribution is 0.0192. The fourth-order valence-corrected chi connectivity index (χ4v) is 2.85. The number of hydrazine groups is 1. The van der Waals surface area contributed by atoms with Gasteiger partial charge in [-0.3, -0.25) is 16.0 Å². The van der Waals surface area contributed by atoms with Gasteiger partial charge in [-0.05, 0) is 39.0 Å². The topological polar surface area (TPSA) is 65.1 Å². The number of ether oxygens (including phenoxy) is 1. The Morgan fingerprint density at radius 1 is 1.58 bits per heavy atom. The van der Waals surface area contributed by atoms with Crippen LogP contribution >= 0.6 is 11.6 Å². The average molecular weight is 287 g/mol. The highest BCUT2D eigenvalue weighted by Gasteiger charge is 2.37. The number of nitrogens with zero attached hydrogens (tertiary/aromatic N) is 2. The lowest BCUT2D eigenvalue weighted by atomic mass is 9.99.